The number of aromatic nitrogens is 1. The highest BCUT2D eigenvalue weighted by molar-refractivity contribution is 7.13. The number of thiazole rings is 1. The van der Waals surface area contributed by atoms with Crippen molar-refractivity contribution in [3.05, 3.63) is 71.2 Å². The summed E-state index contributed by atoms with van der Waals surface area (Å²) in [5.41, 5.74) is 3.44. The minimum atomic E-state index is -1.000. The summed E-state index contributed by atoms with van der Waals surface area (Å²) < 4.78 is 0. The lowest BCUT2D eigenvalue weighted by Gasteiger charge is -2.18. The molecule has 0 aliphatic carbocycles. The zero-order valence-corrected chi connectivity index (χ0v) is 18.3. The van der Waals surface area contributed by atoms with E-state index in [-0.39, 0.29) is 18.7 Å². The molecule has 0 aliphatic rings. The lowest BCUT2D eigenvalue weighted by molar-refractivity contribution is -0.142. The van der Waals surface area contributed by atoms with E-state index in [4.69, 9.17) is 5.11 Å². The monoisotopic (exact) mass is 452 g/mol. The zero-order valence-electron chi connectivity index (χ0n) is 17.5. The van der Waals surface area contributed by atoms with E-state index in [1.807, 2.05) is 54.6 Å². The van der Waals surface area contributed by atoms with Gasteiger partial charge in [-0.25, -0.2) is 4.98 Å². The first-order chi connectivity index (χ1) is 15.3. The van der Waals surface area contributed by atoms with Crippen molar-refractivity contribution >= 4 is 34.3 Å². The fraction of sp³-hybridized carbons (Fsp3) is 0.250. The number of carboxylic acids is 2. The summed E-state index contributed by atoms with van der Waals surface area (Å²) in [6.45, 7) is 1.58. The number of aliphatic carboxylic acids is 2. The van der Waals surface area contributed by atoms with Gasteiger partial charge < -0.3 is 15.5 Å². The Morgan fingerprint density at radius 3 is 2.28 bits per heavy atom. The molecule has 0 radical (unpaired) electrons. The van der Waals surface area contributed by atoms with Gasteiger partial charge in [0.05, 0.1) is 18.0 Å². The van der Waals surface area contributed by atoms with Crippen LogP contribution in [0.5, 0.6) is 0 Å². The molecule has 0 aliphatic heterocycles. The number of rotatable bonds is 10. The normalized spacial score (nSPS) is 12.7. The van der Waals surface area contributed by atoms with Crippen LogP contribution in [0, 0.1) is 11.8 Å². The largest absolute Gasteiger partial charge is 0.481 e. The Kier molecular flexibility index (Phi) is 7.72. The van der Waals surface area contributed by atoms with Crippen LogP contribution in [0.1, 0.15) is 24.6 Å². The van der Waals surface area contributed by atoms with Crippen LogP contribution < -0.4 is 5.32 Å². The first-order valence-corrected chi connectivity index (χ1v) is 11.0. The first-order valence-electron chi connectivity index (χ1n) is 10.2. The highest BCUT2D eigenvalue weighted by atomic mass is 32.1. The van der Waals surface area contributed by atoms with Crippen molar-refractivity contribution < 1.29 is 24.6 Å². The molecule has 3 aromatic rings. The van der Waals surface area contributed by atoms with Crippen LogP contribution in [-0.4, -0.2) is 33.0 Å². The van der Waals surface area contributed by atoms with E-state index in [0.29, 0.717) is 17.2 Å². The summed E-state index contributed by atoms with van der Waals surface area (Å²) in [5.74, 6) is -3.55. The lowest BCUT2D eigenvalue weighted by atomic mass is 9.89. The van der Waals surface area contributed by atoms with Gasteiger partial charge in [0.1, 0.15) is 0 Å². The smallest absolute Gasteiger partial charge is 0.309 e. The Bertz CT molecular complexity index is 1080. The number of nitrogens with one attached hydrogen (secondary N) is 1. The van der Waals surface area contributed by atoms with Crippen LogP contribution in [-0.2, 0) is 27.2 Å². The number of hydrogen-bond acceptors (Lipinski definition) is 5. The number of carbonyl (C=O) groups excluding carboxylic acids is 1. The third kappa shape index (κ3) is 6.49. The Morgan fingerprint density at radius 2 is 1.66 bits per heavy atom. The number of nitrogens with zero attached hydrogens (tertiary/aromatic N) is 1. The maximum absolute atomic E-state index is 12.9. The summed E-state index contributed by atoms with van der Waals surface area (Å²) >= 11 is 1.15. The van der Waals surface area contributed by atoms with Gasteiger partial charge in [-0.3, -0.25) is 14.4 Å². The third-order valence-corrected chi connectivity index (χ3v) is 5.89. The van der Waals surface area contributed by atoms with Gasteiger partial charge in [-0.1, -0.05) is 61.5 Å². The van der Waals surface area contributed by atoms with Crippen molar-refractivity contribution in [2.24, 2.45) is 11.8 Å². The lowest BCUT2D eigenvalue weighted by Crippen LogP contribution is -2.28. The molecule has 0 spiro atoms. The second kappa shape index (κ2) is 10.7. The van der Waals surface area contributed by atoms with E-state index >= 15 is 0 Å². The molecule has 1 unspecified atom stereocenters. The molecule has 0 fully saturated rings. The number of carboxylic acid groups (broad SMARTS) is 2. The minimum absolute atomic E-state index is 0.176. The van der Waals surface area contributed by atoms with Gasteiger partial charge in [0.2, 0.25) is 5.91 Å². The molecule has 7 nitrogen and oxygen atoms in total. The van der Waals surface area contributed by atoms with Crippen LogP contribution in [0.15, 0.2) is 60.0 Å². The topological polar surface area (TPSA) is 117 Å². The van der Waals surface area contributed by atoms with Crippen LogP contribution in [0.4, 0.5) is 5.13 Å². The van der Waals surface area contributed by atoms with E-state index in [0.717, 1.165) is 28.0 Å². The first kappa shape index (κ1) is 23.1. The Balaban J connectivity index is 1.73. The molecule has 0 saturated carbocycles. The van der Waals surface area contributed by atoms with Gasteiger partial charge >= 0.3 is 11.9 Å². The van der Waals surface area contributed by atoms with Crippen molar-refractivity contribution in [1.82, 2.24) is 4.98 Å². The second-order valence-corrected chi connectivity index (χ2v) is 8.50. The quantitative estimate of drug-likeness (QED) is 0.421. The number of hydrogen-bond donors (Lipinski definition) is 3. The van der Waals surface area contributed by atoms with Crippen molar-refractivity contribution in [3.63, 3.8) is 0 Å². The van der Waals surface area contributed by atoms with Gasteiger partial charge in [0.15, 0.2) is 5.13 Å². The third-order valence-electron chi connectivity index (χ3n) is 5.09. The number of amides is 1. The van der Waals surface area contributed by atoms with Crippen molar-refractivity contribution in [3.8, 4) is 11.1 Å². The predicted octanol–water partition coefficient (Wildman–Crippen LogP) is 4.35. The maximum Gasteiger partial charge on any atom is 0.309 e. The summed E-state index contributed by atoms with van der Waals surface area (Å²) in [6.07, 6.45) is 0.334. The van der Waals surface area contributed by atoms with Crippen molar-refractivity contribution in [2.45, 2.75) is 26.2 Å². The van der Waals surface area contributed by atoms with E-state index in [1.165, 1.54) is 0 Å². The molecule has 0 saturated heterocycles. The van der Waals surface area contributed by atoms with Crippen LogP contribution in [0.3, 0.4) is 0 Å². The number of benzene rings is 2. The van der Waals surface area contributed by atoms with E-state index in [1.54, 1.807) is 12.3 Å². The molecule has 2 aromatic carbocycles. The Labute approximate surface area is 189 Å². The fourth-order valence-electron chi connectivity index (χ4n) is 3.37. The maximum atomic E-state index is 12.9. The molecule has 1 amide bonds. The fourth-order valence-corrected chi connectivity index (χ4v) is 4.08. The summed E-state index contributed by atoms with van der Waals surface area (Å²) in [6, 6.07) is 17.8. The minimum Gasteiger partial charge on any atom is -0.481 e. The number of carbonyl (C=O) groups is 3. The highest BCUT2D eigenvalue weighted by Gasteiger charge is 2.25. The summed E-state index contributed by atoms with van der Waals surface area (Å²) in [4.78, 5) is 39.3. The Hall–Kier alpha value is -3.52. The second-order valence-electron chi connectivity index (χ2n) is 7.64. The average Bonchev–Trinajstić information content (AvgIpc) is 3.20. The van der Waals surface area contributed by atoms with Gasteiger partial charge in [0.25, 0.3) is 0 Å². The molecule has 3 N–H and O–H groups in total. The summed E-state index contributed by atoms with van der Waals surface area (Å²) in [5, 5.41) is 22.8. The van der Waals surface area contributed by atoms with Crippen LogP contribution >= 0.6 is 11.3 Å². The summed E-state index contributed by atoms with van der Waals surface area (Å²) in [7, 11) is 0. The zero-order chi connectivity index (χ0) is 23.1. The molecule has 2 atom stereocenters. The molecule has 0 bridgehead atoms. The average molecular weight is 453 g/mol. The molecule has 8 heteroatoms. The molecule has 1 heterocycles. The molecular formula is C24H24N2O5S. The SMILES string of the molecule is CC(C[C@@H](Cc1ccc(-c2ccccc2)cc1)C(=O)Nc1nc(CC(=O)O)cs1)C(=O)O. The predicted molar refractivity (Wildman–Crippen MR) is 123 cm³/mol. The van der Waals surface area contributed by atoms with E-state index in [9.17, 15) is 19.5 Å². The highest BCUT2D eigenvalue weighted by Crippen LogP contribution is 2.24. The van der Waals surface area contributed by atoms with Crippen molar-refractivity contribution in [1.29, 1.82) is 0 Å². The van der Waals surface area contributed by atoms with Gasteiger partial charge in [-0.2, -0.15) is 0 Å². The molecule has 1 aromatic heterocycles. The Morgan fingerprint density at radius 1 is 1.00 bits per heavy atom. The van der Waals surface area contributed by atoms with Gasteiger partial charge in [-0.15, -0.1) is 11.3 Å². The van der Waals surface area contributed by atoms with Crippen molar-refractivity contribution in [2.75, 3.05) is 5.32 Å². The standard InChI is InChI=1S/C24H24N2O5S/c1-15(23(30)31)11-19(22(29)26-24-25-20(14-32-24)13-21(27)28)12-16-7-9-18(10-8-16)17-5-3-2-4-6-17/h2-10,14-15,19H,11-13H2,1H3,(H,27,28)(H,30,31)(H,25,26,29)/t15?,19-/m0/s1. The van der Waals surface area contributed by atoms with Crippen LogP contribution in [0.25, 0.3) is 11.1 Å². The van der Waals surface area contributed by atoms with Gasteiger partial charge in [0, 0.05) is 11.3 Å². The molecule has 166 valence electrons. The van der Waals surface area contributed by atoms with E-state index in [2.05, 4.69) is 10.3 Å². The van der Waals surface area contributed by atoms with E-state index < -0.39 is 23.8 Å². The molecule has 3 rings (SSSR count). The molecular weight excluding hydrogens is 428 g/mol. The van der Waals surface area contributed by atoms with Gasteiger partial charge in [-0.05, 0) is 29.5 Å². The molecule has 32 heavy (non-hydrogen) atoms. The number of anilines is 1. The van der Waals surface area contributed by atoms with Crippen LogP contribution in [0.2, 0.25) is 0 Å².